The molecule has 0 amide bonds. The summed E-state index contributed by atoms with van der Waals surface area (Å²) in [6.07, 6.45) is 0. The quantitative estimate of drug-likeness (QED) is 0.804. The third-order valence-electron chi connectivity index (χ3n) is 0.659. The summed E-state index contributed by atoms with van der Waals surface area (Å²) >= 11 is 0. The van der Waals surface area contributed by atoms with Gasteiger partial charge in [0, 0.05) is 0 Å². The summed E-state index contributed by atoms with van der Waals surface area (Å²) in [6.45, 7) is 0. The Morgan fingerprint density at radius 3 is 1.42 bits per heavy atom. The van der Waals surface area contributed by atoms with E-state index in [4.69, 9.17) is 30.1 Å². The molecule has 0 bridgehead atoms. The van der Waals surface area contributed by atoms with E-state index in [1.165, 1.54) is 0 Å². The predicted octanol–water partition coefficient (Wildman–Crippen LogP) is 1.86. The molecule has 0 aliphatic rings. The number of halogens is 6. The Morgan fingerprint density at radius 2 is 1.42 bits per heavy atom. The van der Waals surface area contributed by atoms with Crippen molar-refractivity contribution < 1.29 is 29.9 Å². The molecule has 77 valence electrons. The summed E-state index contributed by atoms with van der Waals surface area (Å²) in [5, 5.41) is 0. The van der Waals surface area contributed by atoms with Crippen molar-refractivity contribution in [1.29, 1.82) is 0 Å². The van der Waals surface area contributed by atoms with E-state index in [0.29, 0.717) is 0 Å². The van der Waals surface area contributed by atoms with Gasteiger partial charge in [0.05, 0.1) is 0 Å². The van der Waals surface area contributed by atoms with E-state index in [0.717, 1.165) is 0 Å². The van der Waals surface area contributed by atoms with Crippen molar-refractivity contribution in [2.75, 3.05) is 0 Å². The van der Waals surface area contributed by atoms with Crippen molar-refractivity contribution in [2.45, 2.75) is 5.51 Å². The summed E-state index contributed by atoms with van der Waals surface area (Å²) in [5.74, 6) is 0. The number of alkyl halides is 3. The monoisotopic (exact) mass is 306 g/mol. The zero-order valence-corrected chi connectivity index (χ0v) is 9.34. The second-order valence-corrected chi connectivity index (χ2v) is 22.3. The molecule has 0 aliphatic heterocycles. The van der Waals surface area contributed by atoms with Crippen LogP contribution in [-0.4, -0.2) is 13.9 Å². The Bertz CT molecular complexity index is 280. The molecular weight excluding hydrogens is 305 g/mol. The average molecular weight is 307 g/mol. The van der Waals surface area contributed by atoms with Gasteiger partial charge in [0.25, 0.3) is 0 Å². The molecule has 0 aliphatic carbocycles. The average Bonchev–Trinajstić information content (AvgIpc) is 1.55. The van der Waals surface area contributed by atoms with E-state index in [-0.39, 0.29) is 0 Å². The van der Waals surface area contributed by atoms with Gasteiger partial charge in [-0.05, 0) is 0 Å². The van der Waals surface area contributed by atoms with Crippen molar-refractivity contribution in [3.05, 3.63) is 0 Å². The molecule has 0 aromatic heterocycles. The third kappa shape index (κ3) is 2.32. The summed E-state index contributed by atoms with van der Waals surface area (Å²) in [4.78, 5) is 0. The van der Waals surface area contributed by atoms with E-state index in [1.807, 2.05) is 0 Å². The van der Waals surface area contributed by atoms with Gasteiger partial charge < -0.3 is 0 Å². The molecule has 0 aromatic carbocycles. The first kappa shape index (κ1) is 13.1. The van der Waals surface area contributed by atoms with Crippen LogP contribution >= 0.6 is 30.1 Å². The summed E-state index contributed by atoms with van der Waals surface area (Å²) in [7, 11) is 2.20. The molecule has 3 nitrogen and oxygen atoms in total. The molecule has 0 radical (unpaired) electrons. The molecule has 0 rings (SSSR count). The summed E-state index contributed by atoms with van der Waals surface area (Å²) in [5.41, 5.74) is -5.63. The summed E-state index contributed by atoms with van der Waals surface area (Å²) in [6, 6.07) is 0. The van der Waals surface area contributed by atoms with Crippen molar-refractivity contribution in [1.82, 2.24) is 0 Å². The number of hydrogen-bond acceptors (Lipinski definition) is 3. The molecule has 0 saturated heterocycles. The van der Waals surface area contributed by atoms with Crippen LogP contribution in [0.3, 0.4) is 0 Å². The Morgan fingerprint density at radius 1 is 1.17 bits per heavy atom. The SMILES string of the molecule is [NH2][Cr]([Cl])([Cl])([Cl])[S](=O)(=O)C(F)(F)F. The van der Waals surface area contributed by atoms with E-state index >= 15 is 0 Å². The van der Waals surface area contributed by atoms with Gasteiger partial charge in [-0.3, -0.25) is 0 Å². The number of rotatable bonds is 1. The van der Waals surface area contributed by atoms with E-state index in [1.54, 1.807) is 0 Å². The molecule has 12 heavy (non-hydrogen) atoms. The standard InChI is InChI=1S/CF3O2S.3ClH.Cr.H2N/c2-1(3,4)7(5)6;;;;;/h;3*1H;;1H2/q;;;;+4;-1/p-3. The number of hydrogen-bond donors (Lipinski definition) is 1. The number of nitrogens with two attached hydrogens (primary N) is 1. The van der Waals surface area contributed by atoms with Gasteiger partial charge in [-0.2, -0.15) is 0 Å². The zero-order chi connectivity index (χ0) is 10.4. The second-order valence-electron chi connectivity index (χ2n) is 1.63. The fourth-order valence-electron chi connectivity index (χ4n) is 0.162. The van der Waals surface area contributed by atoms with Gasteiger partial charge in [-0.1, -0.05) is 0 Å². The molecule has 0 saturated carbocycles. The molecule has 0 fully saturated rings. The maximum atomic E-state index is 11.7. The Kier molecular flexibility index (Phi) is 3.05. The molecule has 0 aromatic rings. The zero-order valence-electron chi connectivity index (χ0n) is 4.98. The minimum absolute atomic E-state index is 4.50. The van der Waals surface area contributed by atoms with Crippen LogP contribution in [0.2, 0.25) is 0 Å². The van der Waals surface area contributed by atoms with E-state index in [2.05, 4.69) is 4.72 Å². The molecule has 11 heteroatoms. The van der Waals surface area contributed by atoms with Crippen molar-refractivity contribution in [3.8, 4) is 0 Å². The normalized spacial score (nSPS) is 18.4. The van der Waals surface area contributed by atoms with E-state index in [9.17, 15) is 21.6 Å². The van der Waals surface area contributed by atoms with Crippen LogP contribution in [0.4, 0.5) is 13.2 Å². The first-order valence-electron chi connectivity index (χ1n) is 1.97. The molecule has 2 N–H and O–H groups in total. The fraction of sp³-hybridized carbons (Fsp3) is 1.00. The van der Waals surface area contributed by atoms with Crippen LogP contribution in [0, 0.1) is 0 Å². The van der Waals surface area contributed by atoms with Gasteiger partial charge in [-0.15, -0.1) is 0 Å². The first-order chi connectivity index (χ1) is 4.76. The van der Waals surface area contributed by atoms with Gasteiger partial charge >= 0.3 is 78.5 Å². The fourth-order valence-corrected chi connectivity index (χ4v) is 4.65. The molecule has 0 unspecified atom stereocenters. The third-order valence-corrected chi connectivity index (χ3v) is 12.5. The van der Waals surface area contributed by atoms with Crippen LogP contribution in [0.15, 0.2) is 0 Å². The van der Waals surface area contributed by atoms with Crippen molar-refractivity contribution in [2.24, 2.45) is 4.72 Å². The van der Waals surface area contributed by atoms with E-state index < -0.39 is 22.0 Å². The Balaban J connectivity index is 5.50. The molecule has 0 heterocycles. The predicted molar refractivity (Wildman–Crippen MR) is 36.7 cm³/mol. The van der Waals surface area contributed by atoms with Crippen LogP contribution in [0.25, 0.3) is 0 Å². The Labute approximate surface area is 78.3 Å². The van der Waals surface area contributed by atoms with Gasteiger partial charge in [0.2, 0.25) is 0 Å². The summed E-state index contributed by atoms with van der Waals surface area (Å²) < 4.78 is 60.4. The van der Waals surface area contributed by atoms with Crippen LogP contribution in [0.1, 0.15) is 0 Å². The molecule has 0 spiro atoms. The Hall–Kier alpha value is 1.10. The minimum atomic E-state index is -6.12. The van der Waals surface area contributed by atoms with Gasteiger partial charge in [-0.25, -0.2) is 0 Å². The van der Waals surface area contributed by atoms with Crippen LogP contribution < -0.4 is 4.72 Å². The molecular formula is CH2Cl3CrF3NO2S. The van der Waals surface area contributed by atoms with Crippen LogP contribution in [0.5, 0.6) is 0 Å². The van der Waals surface area contributed by atoms with Crippen LogP contribution in [-0.2, 0) is 16.5 Å². The first-order valence-corrected chi connectivity index (χ1v) is 10.9. The van der Waals surface area contributed by atoms with Crippen molar-refractivity contribution >= 4 is 38.4 Å². The van der Waals surface area contributed by atoms with Gasteiger partial charge in [0.15, 0.2) is 0 Å². The maximum absolute atomic E-state index is 11.7. The topological polar surface area (TPSA) is 60.2 Å². The molecule has 0 atom stereocenters. The van der Waals surface area contributed by atoms with Gasteiger partial charge in [0.1, 0.15) is 0 Å². The second kappa shape index (κ2) is 2.80. The van der Waals surface area contributed by atoms with Crippen molar-refractivity contribution in [3.63, 3.8) is 0 Å².